The summed E-state index contributed by atoms with van der Waals surface area (Å²) < 4.78 is 14.6. The molecule has 0 bridgehead atoms. The number of hydrogen-bond donors (Lipinski definition) is 1. The molecule has 2 aromatic heterocycles. The van der Waals surface area contributed by atoms with Crippen molar-refractivity contribution in [2.45, 2.75) is 0 Å². The highest BCUT2D eigenvalue weighted by atomic mass is 16.5. The Balaban J connectivity index is 2.37. The Morgan fingerprint density at radius 2 is 1.74 bits per heavy atom. The van der Waals surface area contributed by atoms with Crippen LogP contribution in [0.4, 0.5) is 0 Å². The van der Waals surface area contributed by atoms with Crippen LogP contribution in [0.3, 0.4) is 0 Å². The second-order valence-electron chi connectivity index (χ2n) is 5.67. The zero-order chi connectivity index (χ0) is 19.9. The fourth-order valence-electron chi connectivity index (χ4n) is 2.86. The second-order valence-corrected chi connectivity index (χ2v) is 5.67. The lowest BCUT2D eigenvalue weighted by molar-refractivity contribution is 0.0589. The third-order valence-corrected chi connectivity index (χ3v) is 4.23. The quantitative estimate of drug-likeness (QED) is 0.502. The third-order valence-electron chi connectivity index (χ3n) is 4.23. The van der Waals surface area contributed by atoms with E-state index >= 15 is 0 Å². The van der Waals surface area contributed by atoms with Gasteiger partial charge in [0.1, 0.15) is 17.1 Å². The van der Waals surface area contributed by atoms with Crippen molar-refractivity contribution in [1.29, 1.82) is 0 Å². The molecule has 0 radical (unpaired) electrons. The Kier molecular flexibility index (Phi) is 4.40. The van der Waals surface area contributed by atoms with Crippen molar-refractivity contribution in [3.8, 4) is 11.3 Å². The number of fused-ring (bicyclic) bond motifs is 3. The van der Waals surface area contributed by atoms with Gasteiger partial charge in [-0.2, -0.15) is 0 Å². The molecule has 0 spiro atoms. The highest BCUT2D eigenvalue weighted by Crippen LogP contribution is 2.40. The van der Waals surface area contributed by atoms with Gasteiger partial charge in [-0.3, -0.25) is 4.79 Å². The number of ether oxygens (including phenoxy) is 3. The number of rotatable bonds is 4. The van der Waals surface area contributed by atoms with Gasteiger partial charge in [-0.1, -0.05) is 13.2 Å². The first kappa shape index (κ1) is 18.1. The topological polar surface area (TPSA) is 108 Å². The first-order valence-electron chi connectivity index (χ1n) is 7.76. The van der Waals surface area contributed by atoms with Crippen molar-refractivity contribution >= 4 is 29.1 Å². The van der Waals surface area contributed by atoms with Crippen molar-refractivity contribution in [1.82, 2.24) is 9.97 Å². The van der Waals surface area contributed by atoms with Gasteiger partial charge in [0.05, 0.1) is 38.3 Å². The maximum atomic E-state index is 12.7. The Hall–Kier alpha value is -3.68. The van der Waals surface area contributed by atoms with Crippen LogP contribution in [0, 0.1) is 0 Å². The lowest BCUT2D eigenvalue weighted by Gasteiger charge is -2.20. The molecule has 2 heterocycles. The molecule has 0 atom stereocenters. The number of H-pyrrole nitrogens is 1. The van der Waals surface area contributed by atoms with Crippen LogP contribution in [0.5, 0.6) is 0 Å². The minimum absolute atomic E-state index is 0.0673. The van der Waals surface area contributed by atoms with Gasteiger partial charge in [0, 0.05) is 16.7 Å². The van der Waals surface area contributed by atoms with Gasteiger partial charge < -0.3 is 19.2 Å². The van der Waals surface area contributed by atoms with Crippen molar-refractivity contribution in [2.75, 3.05) is 21.3 Å². The Bertz CT molecular complexity index is 1030. The normalized spacial score (nSPS) is 12.1. The zero-order valence-corrected chi connectivity index (χ0v) is 15.0. The van der Waals surface area contributed by atoms with Gasteiger partial charge in [0.25, 0.3) is 0 Å². The third kappa shape index (κ3) is 2.71. The minimum Gasteiger partial charge on any atom is -0.495 e. The molecule has 3 rings (SSSR count). The van der Waals surface area contributed by atoms with Gasteiger partial charge in [-0.15, -0.1) is 0 Å². The molecule has 0 unspecified atom stereocenters. The van der Waals surface area contributed by atoms with Crippen molar-refractivity contribution in [3.63, 3.8) is 0 Å². The van der Waals surface area contributed by atoms with Crippen LogP contribution in [0.1, 0.15) is 42.6 Å². The molecule has 0 fully saturated rings. The molecule has 27 heavy (non-hydrogen) atoms. The van der Waals surface area contributed by atoms with E-state index in [1.54, 1.807) is 0 Å². The highest BCUT2D eigenvalue weighted by Gasteiger charge is 2.35. The fraction of sp³-hybridized carbons (Fsp3) is 0.158. The number of ketones is 1. The predicted molar refractivity (Wildman–Crippen MR) is 96.1 cm³/mol. The monoisotopic (exact) mass is 368 g/mol. The van der Waals surface area contributed by atoms with Crippen LogP contribution in [-0.4, -0.2) is 49.0 Å². The number of carbonyl (C=O) groups excluding carboxylic acids is 3. The number of Topliss-reactive ketones (excluding diaryl/α,β-unsaturated/α-hetero) is 1. The molecule has 1 aliphatic rings. The van der Waals surface area contributed by atoms with Crippen LogP contribution in [0.15, 0.2) is 25.3 Å². The number of esters is 2. The molecular weight excluding hydrogens is 352 g/mol. The smallest absolute Gasteiger partial charge is 0.354 e. The standard InChI is InChI=1S/C19H16N2O6/c1-8-15-14(10(18(23)26-4)6-12(20-15)9(2)25-3)16-11(17(8)22)7-13(21-16)19(24)27-5/h6-7,21H,1-2H2,3-5H3. The Labute approximate surface area is 154 Å². The summed E-state index contributed by atoms with van der Waals surface area (Å²) in [5, 5.41) is 0. The van der Waals surface area contributed by atoms with Gasteiger partial charge in [0.15, 0.2) is 5.78 Å². The number of aromatic nitrogens is 2. The molecule has 138 valence electrons. The van der Waals surface area contributed by atoms with E-state index in [1.165, 1.54) is 33.5 Å². The van der Waals surface area contributed by atoms with Crippen molar-refractivity contribution in [2.24, 2.45) is 0 Å². The highest BCUT2D eigenvalue weighted by molar-refractivity contribution is 6.34. The number of pyridine rings is 1. The molecule has 1 N–H and O–H groups in total. The molecule has 2 aromatic rings. The summed E-state index contributed by atoms with van der Waals surface area (Å²) in [6.45, 7) is 7.52. The summed E-state index contributed by atoms with van der Waals surface area (Å²) in [4.78, 5) is 44.2. The summed E-state index contributed by atoms with van der Waals surface area (Å²) in [5.41, 5.74) is 1.48. The molecule has 0 aromatic carbocycles. The van der Waals surface area contributed by atoms with Crippen molar-refractivity contribution in [3.05, 3.63) is 53.5 Å². The second kappa shape index (κ2) is 6.56. The largest absolute Gasteiger partial charge is 0.495 e. The van der Waals surface area contributed by atoms with E-state index in [0.717, 1.165) is 0 Å². The van der Waals surface area contributed by atoms with E-state index in [4.69, 9.17) is 9.47 Å². The van der Waals surface area contributed by atoms with E-state index < -0.39 is 17.7 Å². The molecule has 8 nitrogen and oxygen atoms in total. The summed E-state index contributed by atoms with van der Waals surface area (Å²) in [6, 6.07) is 2.81. The molecule has 0 aliphatic heterocycles. The molecule has 0 saturated carbocycles. The number of aromatic amines is 1. The Morgan fingerprint density at radius 1 is 1.07 bits per heavy atom. The lowest BCUT2D eigenvalue weighted by Crippen LogP contribution is -2.17. The first-order valence-corrected chi connectivity index (χ1v) is 7.76. The number of methoxy groups -OCH3 is 3. The average molecular weight is 368 g/mol. The number of carbonyl (C=O) groups is 3. The number of allylic oxidation sites excluding steroid dienone is 1. The number of hydrogen-bond acceptors (Lipinski definition) is 7. The number of nitrogens with one attached hydrogen (secondary N) is 1. The van der Waals surface area contributed by atoms with Gasteiger partial charge in [0.2, 0.25) is 0 Å². The van der Waals surface area contributed by atoms with Gasteiger partial charge >= 0.3 is 11.9 Å². The molecule has 0 saturated heterocycles. The summed E-state index contributed by atoms with van der Waals surface area (Å²) in [6.07, 6.45) is 0. The predicted octanol–water partition coefficient (Wildman–Crippen LogP) is 2.48. The molecule has 8 heteroatoms. The lowest BCUT2D eigenvalue weighted by atomic mass is 9.86. The van der Waals surface area contributed by atoms with Crippen LogP contribution in [-0.2, 0) is 14.2 Å². The number of nitrogens with zero attached hydrogens (tertiary/aromatic N) is 1. The Morgan fingerprint density at radius 3 is 2.33 bits per heavy atom. The van der Waals surface area contributed by atoms with Crippen LogP contribution >= 0.6 is 0 Å². The maximum Gasteiger partial charge on any atom is 0.354 e. The van der Waals surface area contributed by atoms with E-state index in [1.807, 2.05) is 0 Å². The van der Waals surface area contributed by atoms with Gasteiger partial charge in [-0.25, -0.2) is 14.6 Å². The average Bonchev–Trinajstić information content (AvgIpc) is 3.14. The van der Waals surface area contributed by atoms with E-state index in [0.29, 0.717) is 5.56 Å². The summed E-state index contributed by atoms with van der Waals surface area (Å²) in [7, 11) is 3.87. The molecular formula is C19H16N2O6. The zero-order valence-electron chi connectivity index (χ0n) is 15.0. The minimum atomic E-state index is -0.652. The molecule has 1 aliphatic carbocycles. The SMILES string of the molecule is C=C(OC)c1cc(C(=O)OC)c2c(n1)C(=C)C(=O)c1cc(C(=O)OC)[nH]c1-2. The maximum absolute atomic E-state index is 12.7. The fourth-order valence-corrected chi connectivity index (χ4v) is 2.86. The van der Waals surface area contributed by atoms with Crippen LogP contribution in [0.25, 0.3) is 22.6 Å². The molecule has 0 amide bonds. The first-order chi connectivity index (χ1) is 12.8. The van der Waals surface area contributed by atoms with E-state index in [2.05, 4.69) is 27.9 Å². The van der Waals surface area contributed by atoms with Crippen LogP contribution in [0.2, 0.25) is 0 Å². The summed E-state index contributed by atoms with van der Waals surface area (Å²) >= 11 is 0. The van der Waals surface area contributed by atoms with Gasteiger partial charge in [-0.05, 0) is 12.1 Å². The van der Waals surface area contributed by atoms with E-state index in [-0.39, 0.29) is 45.2 Å². The van der Waals surface area contributed by atoms with E-state index in [9.17, 15) is 14.4 Å². The summed E-state index contributed by atoms with van der Waals surface area (Å²) in [5.74, 6) is -1.52. The van der Waals surface area contributed by atoms with Crippen LogP contribution < -0.4 is 0 Å². The van der Waals surface area contributed by atoms with Crippen molar-refractivity contribution < 1.29 is 28.6 Å².